The van der Waals surface area contributed by atoms with Crippen LogP contribution in [0.2, 0.25) is 0 Å². The summed E-state index contributed by atoms with van der Waals surface area (Å²) in [5.74, 6) is -0.178. The van der Waals surface area contributed by atoms with E-state index in [2.05, 4.69) is 28.4 Å². The fourth-order valence-corrected chi connectivity index (χ4v) is 1.47. The molecule has 0 radical (unpaired) electrons. The van der Waals surface area contributed by atoms with Gasteiger partial charge in [0.1, 0.15) is 19.0 Å². The molecule has 1 aromatic carbocycles. The molecule has 1 unspecified atom stereocenters. The van der Waals surface area contributed by atoms with E-state index < -0.39 is 36.9 Å². The first-order valence-electron chi connectivity index (χ1n) is 10.8. The van der Waals surface area contributed by atoms with Gasteiger partial charge in [-0.25, -0.2) is 18.8 Å². The van der Waals surface area contributed by atoms with Gasteiger partial charge in [-0.1, -0.05) is 32.0 Å². The van der Waals surface area contributed by atoms with Gasteiger partial charge in [0.15, 0.2) is 0 Å². The van der Waals surface area contributed by atoms with Crippen LogP contribution in [0.15, 0.2) is 30.3 Å². The number of ether oxygens (including phenoxy) is 6. The number of hydrogen-bond acceptors (Lipinski definition) is 13. The van der Waals surface area contributed by atoms with Gasteiger partial charge in [0.2, 0.25) is 0 Å². The topological polar surface area (TPSA) is 227 Å². The summed E-state index contributed by atoms with van der Waals surface area (Å²) >= 11 is 0. The van der Waals surface area contributed by atoms with Gasteiger partial charge in [0.25, 0.3) is 12.3 Å². The zero-order valence-electron chi connectivity index (χ0n) is 21.0. The van der Waals surface area contributed by atoms with Crippen molar-refractivity contribution in [3.05, 3.63) is 36.1 Å². The van der Waals surface area contributed by atoms with Crippen LogP contribution in [-0.4, -0.2) is 80.1 Å². The maximum absolute atomic E-state index is 11.9. The van der Waals surface area contributed by atoms with Crippen LogP contribution >= 0.6 is 0 Å². The Balaban J connectivity index is -0.000000434. The fraction of sp³-hybridized carbons (Fsp3) is 0.500. The number of carboxylic acid groups (broad SMARTS) is 4. The molecule has 1 rings (SSSR count). The van der Waals surface area contributed by atoms with E-state index in [-0.39, 0.29) is 25.6 Å². The highest BCUT2D eigenvalue weighted by atomic mass is 19.1. The second kappa shape index (κ2) is 27.1. The molecule has 0 heterocycles. The van der Waals surface area contributed by atoms with Gasteiger partial charge >= 0.3 is 18.5 Å². The minimum Gasteiger partial charge on any atom is -0.546 e. The lowest BCUT2D eigenvalue weighted by atomic mass is 10.4. The smallest absolute Gasteiger partial charge is 0.508 e. The molecule has 0 amide bonds. The van der Waals surface area contributed by atoms with Crippen LogP contribution < -0.4 is 10.2 Å². The molecule has 0 fully saturated rings. The third-order valence-corrected chi connectivity index (χ3v) is 2.85. The van der Waals surface area contributed by atoms with Crippen LogP contribution in [0.1, 0.15) is 33.6 Å². The number of halogens is 1. The Bertz CT molecular complexity index is 747. The Morgan fingerprint density at radius 1 is 0.763 bits per heavy atom. The molecule has 1 aromatic rings. The Kier molecular flexibility index (Phi) is 27.1. The van der Waals surface area contributed by atoms with Crippen molar-refractivity contribution >= 4 is 30.8 Å². The first-order valence-corrected chi connectivity index (χ1v) is 10.8. The predicted molar refractivity (Wildman–Crippen MR) is 120 cm³/mol. The van der Waals surface area contributed by atoms with Crippen molar-refractivity contribution in [2.45, 2.75) is 39.7 Å². The van der Waals surface area contributed by atoms with Gasteiger partial charge in [-0.2, -0.15) is 0 Å². The summed E-state index contributed by atoms with van der Waals surface area (Å²) in [4.78, 5) is 49.1. The first-order chi connectivity index (χ1) is 17.8. The van der Waals surface area contributed by atoms with E-state index in [1.807, 2.05) is 13.8 Å². The molecule has 0 aliphatic carbocycles. The summed E-state index contributed by atoms with van der Waals surface area (Å²) in [6, 6.07) is 7.94. The highest BCUT2D eigenvalue weighted by Gasteiger charge is 2.03. The van der Waals surface area contributed by atoms with E-state index in [0.717, 1.165) is 12.8 Å². The Morgan fingerprint density at radius 3 is 1.58 bits per heavy atom. The van der Waals surface area contributed by atoms with Crippen LogP contribution in [0.5, 0.6) is 0 Å². The monoisotopic (exact) mass is 554 g/mol. The summed E-state index contributed by atoms with van der Waals surface area (Å²) in [6.07, 6.45) is -6.07. The second-order valence-electron chi connectivity index (χ2n) is 6.21. The Hall–Kier alpha value is -4.50. The molecule has 218 valence electrons. The van der Waals surface area contributed by atoms with Gasteiger partial charge < -0.3 is 58.4 Å². The van der Waals surface area contributed by atoms with Gasteiger partial charge in [-0.05, 0) is 31.9 Å². The molecule has 0 aromatic heterocycles. The number of rotatable bonds is 10. The van der Waals surface area contributed by atoms with Crippen molar-refractivity contribution in [2.24, 2.45) is 0 Å². The van der Waals surface area contributed by atoms with Crippen LogP contribution in [0, 0.1) is 5.82 Å². The summed E-state index contributed by atoms with van der Waals surface area (Å²) in [5.41, 5.74) is 0. The molecule has 15 nitrogen and oxygen atoms in total. The average Bonchev–Trinajstić information content (AvgIpc) is 2.84. The SMILES string of the molecule is CC(COC(=O)O)OC(=O)[O-].CCCOC(=O)OCCC.Fc1ccccc1.O=C([O-])OCCOC(=O)O. The molecular formula is C22H31FO15-2. The largest absolute Gasteiger partial charge is 0.546 e. The quantitative estimate of drug-likeness (QED) is 0.240. The second-order valence-corrected chi connectivity index (χ2v) is 6.21. The van der Waals surface area contributed by atoms with Crippen molar-refractivity contribution in [2.75, 3.05) is 33.0 Å². The maximum Gasteiger partial charge on any atom is 0.508 e. The molecule has 0 saturated heterocycles. The maximum atomic E-state index is 11.9. The number of carbonyl (C=O) groups excluding carboxylic acids is 3. The normalized spacial score (nSPS) is 9.58. The van der Waals surface area contributed by atoms with Crippen LogP contribution in [0.25, 0.3) is 0 Å². The molecule has 16 heteroatoms. The molecule has 0 spiro atoms. The highest BCUT2D eigenvalue weighted by Crippen LogP contribution is 1.92. The number of benzene rings is 1. The zero-order chi connectivity index (χ0) is 29.8. The van der Waals surface area contributed by atoms with Crippen LogP contribution in [0.3, 0.4) is 0 Å². The van der Waals surface area contributed by atoms with Crippen molar-refractivity contribution in [3.8, 4) is 0 Å². The number of hydrogen-bond donors (Lipinski definition) is 2. The molecule has 0 saturated carbocycles. The van der Waals surface area contributed by atoms with Crippen LogP contribution in [0.4, 0.5) is 28.4 Å². The number of carbonyl (C=O) groups is 5. The van der Waals surface area contributed by atoms with Crippen molar-refractivity contribution in [3.63, 3.8) is 0 Å². The van der Waals surface area contributed by atoms with Crippen molar-refractivity contribution in [1.82, 2.24) is 0 Å². The van der Waals surface area contributed by atoms with Crippen molar-refractivity contribution < 1.29 is 77.2 Å². The standard InChI is InChI=1S/C7H14O3.C6H5F.C5H8O6.C4H6O6/c1-3-5-9-7(8)10-6-4-2;7-6-4-2-1-3-5-6;1-3(11-5(8)9)2-10-4(6)7;5-3(6)9-1-2-10-4(7)8/h3-6H2,1-2H3;1-5H;3H,2H2,1H3,(H,6,7)(H,8,9);1-2H2,(H,5,6)(H,7,8)/p-2. The zero-order valence-corrected chi connectivity index (χ0v) is 21.0. The lowest BCUT2D eigenvalue weighted by molar-refractivity contribution is -0.288. The van der Waals surface area contributed by atoms with Crippen molar-refractivity contribution in [1.29, 1.82) is 0 Å². The van der Waals surface area contributed by atoms with E-state index in [1.165, 1.54) is 19.1 Å². The third-order valence-electron chi connectivity index (χ3n) is 2.85. The fourth-order valence-electron chi connectivity index (χ4n) is 1.47. The highest BCUT2D eigenvalue weighted by molar-refractivity contribution is 5.59. The molecule has 0 aliphatic heterocycles. The van der Waals surface area contributed by atoms with E-state index >= 15 is 0 Å². The molecule has 2 N–H and O–H groups in total. The Labute approximate surface area is 217 Å². The minimum atomic E-state index is -1.70. The lowest BCUT2D eigenvalue weighted by Gasteiger charge is -2.15. The first kappa shape index (κ1) is 38.0. The van der Waals surface area contributed by atoms with E-state index in [0.29, 0.717) is 13.2 Å². The molecule has 1 atom stereocenters. The molecule has 0 aliphatic rings. The molecule has 0 bridgehead atoms. The minimum absolute atomic E-state index is 0.178. The average molecular weight is 554 g/mol. The predicted octanol–water partition coefficient (Wildman–Crippen LogP) is 2.26. The Morgan fingerprint density at radius 2 is 1.24 bits per heavy atom. The van der Waals surface area contributed by atoms with Gasteiger partial charge in [0, 0.05) is 0 Å². The lowest BCUT2D eigenvalue weighted by Crippen LogP contribution is -2.30. The van der Waals surface area contributed by atoms with Gasteiger partial charge in [0.05, 0.1) is 25.9 Å². The van der Waals surface area contributed by atoms with Crippen LogP contribution in [-0.2, 0) is 28.4 Å². The summed E-state index contributed by atoms with van der Waals surface area (Å²) in [6.45, 7) is 5.13. The molecular weight excluding hydrogens is 523 g/mol. The van der Waals surface area contributed by atoms with Gasteiger partial charge in [-0.15, -0.1) is 0 Å². The third kappa shape index (κ3) is 38.7. The summed E-state index contributed by atoms with van der Waals surface area (Å²) in [7, 11) is 0. The van der Waals surface area contributed by atoms with Gasteiger partial charge in [-0.3, -0.25) is 0 Å². The molecule has 38 heavy (non-hydrogen) atoms. The van der Waals surface area contributed by atoms with E-state index in [1.54, 1.807) is 18.2 Å². The van der Waals surface area contributed by atoms with E-state index in [4.69, 9.17) is 10.2 Å². The summed E-state index contributed by atoms with van der Waals surface area (Å²) in [5, 5.41) is 35.0. The van der Waals surface area contributed by atoms with E-state index in [9.17, 15) is 38.6 Å². The summed E-state index contributed by atoms with van der Waals surface area (Å²) < 4.78 is 36.9.